The Morgan fingerprint density at radius 2 is 1.88 bits per heavy atom. The molecule has 1 heterocycles. The third-order valence-electron chi connectivity index (χ3n) is 6.35. The molecule has 1 aliphatic heterocycles. The zero-order valence-corrected chi connectivity index (χ0v) is 23.2. The average molecular weight is 563 g/mol. The SMILES string of the molecule is CCCCCCOc1ccc(C2C(C#N)=C(N)Oc3cc(OC(=O)COc4cccc(Cl)c4)ccc32)cc1OC. The van der Waals surface area contributed by atoms with Crippen molar-refractivity contribution in [1.82, 2.24) is 0 Å². The second-order valence-corrected chi connectivity index (χ2v) is 9.60. The fraction of sp³-hybridized carbons (Fsp3) is 0.290. The van der Waals surface area contributed by atoms with E-state index in [-0.39, 0.29) is 23.8 Å². The molecule has 2 N–H and O–H groups in total. The smallest absolute Gasteiger partial charge is 0.349 e. The lowest BCUT2D eigenvalue weighted by molar-refractivity contribution is -0.136. The van der Waals surface area contributed by atoms with Gasteiger partial charge in [0.05, 0.1) is 19.6 Å². The van der Waals surface area contributed by atoms with Gasteiger partial charge in [0.25, 0.3) is 0 Å². The zero-order valence-electron chi connectivity index (χ0n) is 22.4. The summed E-state index contributed by atoms with van der Waals surface area (Å²) in [6.07, 6.45) is 4.40. The van der Waals surface area contributed by atoms with Crippen molar-refractivity contribution in [3.05, 3.63) is 88.3 Å². The summed E-state index contributed by atoms with van der Waals surface area (Å²) in [5.41, 5.74) is 7.89. The van der Waals surface area contributed by atoms with Crippen LogP contribution in [-0.4, -0.2) is 26.3 Å². The van der Waals surface area contributed by atoms with Gasteiger partial charge in [-0.1, -0.05) is 56.0 Å². The number of methoxy groups -OCH3 is 1. The number of ether oxygens (including phenoxy) is 5. The molecule has 1 atom stereocenters. The van der Waals surface area contributed by atoms with E-state index in [1.165, 1.54) is 6.42 Å². The van der Waals surface area contributed by atoms with Crippen LogP contribution in [-0.2, 0) is 4.79 Å². The van der Waals surface area contributed by atoms with Crippen LogP contribution in [0, 0.1) is 11.3 Å². The Hall–Kier alpha value is -4.35. The van der Waals surface area contributed by atoms with E-state index in [1.807, 2.05) is 18.2 Å². The minimum absolute atomic E-state index is 0.0250. The molecule has 9 heteroatoms. The quantitative estimate of drug-likeness (QED) is 0.151. The van der Waals surface area contributed by atoms with Gasteiger partial charge in [0.1, 0.15) is 28.9 Å². The van der Waals surface area contributed by atoms with Gasteiger partial charge in [0.15, 0.2) is 18.1 Å². The molecule has 0 amide bonds. The van der Waals surface area contributed by atoms with Crippen LogP contribution in [0.15, 0.2) is 72.1 Å². The molecule has 0 radical (unpaired) electrons. The Balaban J connectivity index is 1.52. The van der Waals surface area contributed by atoms with E-state index in [0.717, 1.165) is 24.8 Å². The first-order valence-corrected chi connectivity index (χ1v) is 13.4. The number of hydrogen-bond donors (Lipinski definition) is 1. The predicted octanol–water partition coefficient (Wildman–Crippen LogP) is 6.51. The highest BCUT2D eigenvalue weighted by atomic mass is 35.5. The van der Waals surface area contributed by atoms with E-state index in [2.05, 4.69) is 13.0 Å². The van der Waals surface area contributed by atoms with Gasteiger partial charge in [-0.05, 0) is 48.4 Å². The van der Waals surface area contributed by atoms with Crippen molar-refractivity contribution in [3.8, 4) is 34.8 Å². The van der Waals surface area contributed by atoms with Gasteiger partial charge in [-0.3, -0.25) is 0 Å². The maximum absolute atomic E-state index is 12.4. The van der Waals surface area contributed by atoms with E-state index < -0.39 is 11.9 Å². The topological polar surface area (TPSA) is 113 Å². The molecule has 0 aliphatic carbocycles. The van der Waals surface area contributed by atoms with Gasteiger partial charge < -0.3 is 29.4 Å². The van der Waals surface area contributed by atoms with E-state index in [1.54, 1.807) is 49.6 Å². The predicted molar refractivity (Wildman–Crippen MR) is 151 cm³/mol. The van der Waals surface area contributed by atoms with Crippen LogP contribution in [0.5, 0.6) is 28.7 Å². The highest BCUT2D eigenvalue weighted by molar-refractivity contribution is 6.30. The summed E-state index contributed by atoms with van der Waals surface area (Å²) in [6.45, 7) is 2.45. The summed E-state index contributed by atoms with van der Waals surface area (Å²) in [6, 6.07) is 19.4. The second-order valence-electron chi connectivity index (χ2n) is 9.16. The summed E-state index contributed by atoms with van der Waals surface area (Å²) in [4.78, 5) is 12.4. The number of rotatable bonds is 12. The highest BCUT2D eigenvalue weighted by Crippen LogP contribution is 2.45. The van der Waals surface area contributed by atoms with Crippen molar-refractivity contribution in [3.63, 3.8) is 0 Å². The Bertz CT molecular complexity index is 1430. The maximum Gasteiger partial charge on any atom is 0.349 e. The van der Waals surface area contributed by atoms with Gasteiger partial charge in [-0.2, -0.15) is 5.26 Å². The lowest BCUT2D eigenvalue weighted by Gasteiger charge is -2.27. The molecule has 0 saturated heterocycles. The number of nitrogens with zero attached hydrogens (tertiary/aromatic N) is 1. The third-order valence-corrected chi connectivity index (χ3v) is 6.59. The molecule has 3 aromatic carbocycles. The molecule has 0 fully saturated rings. The number of carbonyl (C=O) groups excluding carboxylic acids is 1. The molecule has 0 bridgehead atoms. The molecular weight excluding hydrogens is 532 g/mol. The van der Waals surface area contributed by atoms with Crippen LogP contribution in [0.3, 0.4) is 0 Å². The summed E-state index contributed by atoms with van der Waals surface area (Å²) < 4.78 is 28.2. The number of esters is 1. The Morgan fingerprint density at radius 1 is 1.02 bits per heavy atom. The van der Waals surface area contributed by atoms with Gasteiger partial charge in [0, 0.05) is 16.7 Å². The minimum Gasteiger partial charge on any atom is -0.493 e. The number of fused-ring (bicyclic) bond motifs is 1. The molecule has 40 heavy (non-hydrogen) atoms. The lowest BCUT2D eigenvalue weighted by Crippen LogP contribution is -2.22. The van der Waals surface area contributed by atoms with E-state index in [4.69, 9.17) is 41.0 Å². The first-order chi connectivity index (χ1) is 19.4. The van der Waals surface area contributed by atoms with Crippen LogP contribution in [0.2, 0.25) is 5.02 Å². The zero-order chi connectivity index (χ0) is 28.5. The average Bonchev–Trinajstić information content (AvgIpc) is 2.95. The maximum atomic E-state index is 12.4. The first-order valence-electron chi connectivity index (χ1n) is 13.0. The van der Waals surface area contributed by atoms with Crippen LogP contribution < -0.4 is 29.4 Å². The van der Waals surface area contributed by atoms with Gasteiger partial charge >= 0.3 is 5.97 Å². The number of nitriles is 1. The summed E-state index contributed by atoms with van der Waals surface area (Å²) in [7, 11) is 1.58. The molecule has 4 rings (SSSR count). The lowest BCUT2D eigenvalue weighted by atomic mass is 9.83. The van der Waals surface area contributed by atoms with E-state index >= 15 is 0 Å². The fourth-order valence-electron chi connectivity index (χ4n) is 4.40. The molecule has 3 aromatic rings. The molecule has 208 valence electrons. The van der Waals surface area contributed by atoms with E-state index in [0.29, 0.717) is 40.2 Å². The van der Waals surface area contributed by atoms with Crippen LogP contribution in [0.1, 0.15) is 49.7 Å². The molecule has 0 aromatic heterocycles. The Labute approximate surface area is 238 Å². The third kappa shape index (κ3) is 6.99. The number of unbranched alkanes of at least 4 members (excludes halogenated alkanes) is 3. The number of hydrogen-bond acceptors (Lipinski definition) is 8. The van der Waals surface area contributed by atoms with Crippen molar-refractivity contribution in [1.29, 1.82) is 5.26 Å². The van der Waals surface area contributed by atoms with Gasteiger partial charge in [-0.25, -0.2) is 4.79 Å². The number of halogens is 1. The van der Waals surface area contributed by atoms with Crippen molar-refractivity contribution >= 4 is 17.6 Å². The second kappa shape index (κ2) is 13.6. The summed E-state index contributed by atoms with van der Waals surface area (Å²) >= 11 is 5.95. The molecule has 1 unspecified atom stereocenters. The largest absolute Gasteiger partial charge is 0.493 e. The van der Waals surface area contributed by atoms with Crippen LogP contribution in [0.4, 0.5) is 0 Å². The number of benzene rings is 3. The van der Waals surface area contributed by atoms with Crippen molar-refractivity contribution in [2.75, 3.05) is 20.3 Å². The first kappa shape index (κ1) is 28.7. The molecule has 0 spiro atoms. The fourth-order valence-corrected chi connectivity index (χ4v) is 4.58. The minimum atomic E-state index is -0.608. The van der Waals surface area contributed by atoms with Crippen LogP contribution in [0.25, 0.3) is 0 Å². The standard InChI is InChI=1S/C31H31ClN2O6/c1-3-4-5-6-14-37-26-13-10-20(15-28(26)36-2)30-24-12-11-23(17-27(24)40-31(34)25(30)18-33)39-29(35)19-38-22-9-7-8-21(32)16-22/h7-13,15-17,30H,3-6,14,19,34H2,1-2H3. The van der Waals surface area contributed by atoms with Crippen molar-refractivity contribution in [2.45, 2.75) is 38.5 Å². The molecule has 1 aliphatic rings. The molecule has 0 saturated carbocycles. The van der Waals surface area contributed by atoms with Crippen molar-refractivity contribution < 1.29 is 28.5 Å². The molecule has 8 nitrogen and oxygen atoms in total. The number of nitrogens with two attached hydrogens (primary N) is 1. The monoisotopic (exact) mass is 562 g/mol. The van der Waals surface area contributed by atoms with Gasteiger partial charge in [-0.15, -0.1) is 0 Å². The van der Waals surface area contributed by atoms with E-state index in [9.17, 15) is 10.1 Å². The van der Waals surface area contributed by atoms with Gasteiger partial charge in [0.2, 0.25) is 5.88 Å². The number of allylic oxidation sites excluding steroid dienone is 1. The molecular formula is C31H31ClN2O6. The highest BCUT2D eigenvalue weighted by Gasteiger charge is 2.31. The van der Waals surface area contributed by atoms with Crippen molar-refractivity contribution in [2.24, 2.45) is 5.73 Å². The Kier molecular flexibility index (Phi) is 9.76. The van der Waals surface area contributed by atoms with Crippen LogP contribution >= 0.6 is 11.6 Å². The summed E-state index contributed by atoms with van der Waals surface area (Å²) in [5, 5.41) is 10.4. The number of carbonyl (C=O) groups is 1. The Morgan fingerprint density at radius 3 is 2.62 bits per heavy atom. The normalized spacial score (nSPS) is 14.0. The summed E-state index contributed by atoms with van der Waals surface area (Å²) in [5.74, 6) is 1.11.